The normalized spacial score (nSPS) is 13.1. The summed E-state index contributed by atoms with van der Waals surface area (Å²) in [6.07, 6.45) is -6.03. The van der Waals surface area contributed by atoms with Crippen molar-refractivity contribution in [1.82, 2.24) is 0 Å². The molecule has 0 heterocycles. The molecular formula is C9H8Cl2F5N. The fourth-order valence-corrected chi connectivity index (χ4v) is 1.53. The Kier molecular flexibility index (Phi) is 5.64. The number of halogens is 7. The summed E-state index contributed by atoms with van der Waals surface area (Å²) in [7, 11) is 0. The summed E-state index contributed by atoms with van der Waals surface area (Å²) in [5.74, 6) is -2.06. The summed E-state index contributed by atoms with van der Waals surface area (Å²) in [6.45, 7) is 0. The minimum Gasteiger partial charge on any atom is -0.324 e. The van der Waals surface area contributed by atoms with Crippen LogP contribution in [-0.2, 0) is 0 Å². The van der Waals surface area contributed by atoms with Crippen LogP contribution < -0.4 is 5.73 Å². The van der Waals surface area contributed by atoms with Crippen molar-refractivity contribution in [2.75, 3.05) is 0 Å². The highest BCUT2D eigenvalue weighted by Gasteiger charge is 2.33. The fourth-order valence-electron chi connectivity index (χ4n) is 1.23. The van der Waals surface area contributed by atoms with Crippen LogP contribution in [0, 0.1) is 11.6 Å². The van der Waals surface area contributed by atoms with Gasteiger partial charge in [-0.1, -0.05) is 11.6 Å². The second kappa shape index (κ2) is 5.84. The van der Waals surface area contributed by atoms with Gasteiger partial charge in [-0.05, 0) is 12.1 Å². The molecule has 1 atom stereocenters. The van der Waals surface area contributed by atoms with Crippen LogP contribution in [0.1, 0.15) is 18.0 Å². The average Bonchev–Trinajstić information content (AvgIpc) is 2.09. The highest BCUT2D eigenvalue weighted by Crippen LogP contribution is 2.33. The summed E-state index contributed by atoms with van der Waals surface area (Å²) in [6, 6.07) is -0.308. The molecule has 0 aromatic heterocycles. The Hall–Kier alpha value is -0.590. The Bertz CT molecular complexity index is 394. The molecule has 98 valence electrons. The summed E-state index contributed by atoms with van der Waals surface area (Å²) in [4.78, 5) is 0. The van der Waals surface area contributed by atoms with Gasteiger partial charge in [0.15, 0.2) is 0 Å². The first-order valence-electron chi connectivity index (χ1n) is 4.18. The molecular weight excluding hydrogens is 288 g/mol. The Morgan fingerprint density at radius 3 is 2.12 bits per heavy atom. The van der Waals surface area contributed by atoms with Crippen LogP contribution in [0.4, 0.5) is 22.0 Å². The molecule has 0 aliphatic rings. The van der Waals surface area contributed by atoms with Crippen molar-refractivity contribution in [3.05, 3.63) is 34.4 Å². The molecule has 0 aliphatic heterocycles. The third kappa shape index (κ3) is 4.29. The van der Waals surface area contributed by atoms with E-state index in [1.54, 1.807) is 0 Å². The Morgan fingerprint density at radius 1 is 1.18 bits per heavy atom. The number of nitrogens with two attached hydrogens (primary N) is 1. The Labute approximate surface area is 105 Å². The molecule has 1 aromatic rings. The molecule has 17 heavy (non-hydrogen) atoms. The monoisotopic (exact) mass is 295 g/mol. The van der Waals surface area contributed by atoms with E-state index in [1.165, 1.54) is 0 Å². The van der Waals surface area contributed by atoms with Gasteiger partial charge in [-0.3, -0.25) is 0 Å². The molecule has 1 rings (SSSR count). The van der Waals surface area contributed by atoms with Gasteiger partial charge in [0.1, 0.15) is 11.6 Å². The molecule has 0 saturated heterocycles. The summed E-state index contributed by atoms with van der Waals surface area (Å²) in [5, 5.41) is -0.711. The SMILES string of the molecule is Cl.N[C@H](CC(F)(F)F)c1c(F)ccc(F)c1Cl. The number of hydrogen-bond donors (Lipinski definition) is 1. The van der Waals surface area contributed by atoms with Gasteiger partial charge in [-0.15, -0.1) is 12.4 Å². The lowest BCUT2D eigenvalue weighted by molar-refractivity contribution is -0.138. The lowest BCUT2D eigenvalue weighted by Crippen LogP contribution is -2.21. The Balaban J connectivity index is 0.00000256. The van der Waals surface area contributed by atoms with Crippen LogP contribution in [0.25, 0.3) is 0 Å². The third-order valence-electron chi connectivity index (χ3n) is 1.90. The molecule has 2 N–H and O–H groups in total. The maximum absolute atomic E-state index is 13.2. The van der Waals surface area contributed by atoms with Gasteiger partial charge in [-0.2, -0.15) is 13.2 Å². The van der Waals surface area contributed by atoms with E-state index in [2.05, 4.69) is 0 Å². The largest absolute Gasteiger partial charge is 0.390 e. The average molecular weight is 296 g/mol. The van der Waals surface area contributed by atoms with Crippen molar-refractivity contribution < 1.29 is 22.0 Å². The molecule has 0 saturated carbocycles. The highest BCUT2D eigenvalue weighted by molar-refractivity contribution is 6.31. The van der Waals surface area contributed by atoms with Gasteiger partial charge in [0, 0.05) is 11.6 Å². The molecule has 1 nitrogen and oxygen atoms in total. The van der Waals surface area contributed by atoms with Gasteiger partial charge in [0.25, 0.3) is 0 Å². The minimum atomic E-state index is -4.57. The fraction of sp³-hybridized carbons (Fsp3) is 0.333. The van der Waals surface area contributed by atoms with Crippen LogP contribution >= 0.6 is 24.0 Å². The van der Waals surface area contributed by atoms with Crippen molar-refractivity contribution in [3.8, 4) is 0 Å². The van der Waals surface area contributed by atoms with E-state index in [9.17, 15) is 22.0 Å². The van der Waals surface area contributed by atoms with E-state index in [1.807, 2.05) is 0 Å². The first kappa shape index (κ1) is 16.4. The van der Waals surface area contributed by atoms with E-state index < -0.39 is 40.9 Å². The molecule has 0 aliphatic carbocycles. The molecule has 8 heteroatoms. The zero-order valence-corrected chi connectivity index (χ0v) is 9.76. The zero-order chi connectivity index (χ0) is 12.5. The lowest BCUT2D eigenvalue weighted by atomic mass is 10.0. The first-order valence-corrected chi connectivity index (χ1v) is 4.56. The minimum absolute atomic E-state index is 0. The summed E-state index contributed by atoms with van der Waals surface area (Å²) < 4.78 is 62.1. The maximum Gasteiger partial charge on any atom is 0.390 e. The van der Waals surface area contributed by atoms with Gasteiger partial charge >= 0.3 is 6.18 Å². The standard InChI is InChI=1S/C9H7ClF5N.ClH/c10-8-5(12)2-1-4(11)7(8)6(16)3-9(13,14)15;/h1-2,6H,3,16H2;1H/t6-;/m1./s1. The van der Waals surface area contributed by atoms with E-state index in [4.69, 9.17) is 17.3 Å². The van der Waals surface area contributed by atoms with Crippen LogP contribution in [0.3, 0.4) is 0 Å². The predicted molar refractivity (Wildman–Crippen MR) is 56.2 cm³/mol. The third-order valence-corrected chi connectivity index (χ3v) is 2.29. The van der Waals surface area contributed by atoms with Crippen LogP contribution in [0.2, 0.25) is 5.02 Å². The molecule has 1 aromatic carbocycles. The van der Waals surface area contributed by atoms with Gasteiger partial charge < -0.3 is 5.73 Å². The van der Waals surface area contributed by atoms with Crippen molar-refractivity contribution in [2.24, 2.45) is 5.73 Å². The van der Waals surface area contributed by atoms with Crippen molar-refractivity contribution in [1.29, 1.82) is 0 Å². The number of rotatable bonds is 2. The Morgan fingerprint density at radius 2 is 1.65 bits per heavy atom. The lowest BCUT2D eigenvalue weighted by Gasteiger charge is -2.16. The van der Waals surface area contributed by atoms with Gasteiger partial charge in [0.05, 0.1) is 11.4 Å². The van der Waals surface area contributed by atoms with Crippen LogP contribution in [0.5, 0.6) is 0 Å². The van der Waals surface area contributed by atoms with Crippen LogP contribution in [-0.4, -0.2) is 6.18 Å². The van der Waals surface area contributed by atoms with Crippen molar-refractivity contribution >= 4 is 24.0 Å². The molecule has 0 amide bonds. The smallest absolute Gasteiger partial charge is 0.324 e. The van der Waals surface area contributed by atoms with Crippen molar-refractivity contribution in [3.63, 3.8) is 0 Å². The van der Waals surface area contributed by atoms with E-state index >= 15 is 0 Å². The second-order valence-electron chi connectivity index (χ2n) is 3.18. The van der Waals surface area contributed by atoms with Gasteiger partial charge in [0.2, 0.25) is 0 Å². The summed E-state index contributed by atoms with van der Waals surface area (Å²) in [5.41, 5.74) is 4.49. The van der Waals surface area contributed by atoms with Gasteiger partial charge in [-0.25, -0.2) is 8.78 Å². The quantitative estimate of drug-likeness (QED) is 0.648. The molecule has 0 radical (unpaired) electrons. The molecule has 0 unspecified atom stereocenters. The zero-order valence-electron chi connectivity index (χ0n) is 8.19. The number of benzene rings is 1. The topological polar surface area (TPSA) is 26.0 Å². The van der Waals surface area contributed by atoms with E-state index in [-0.39, 0.29) is 12.4 Å². The second-order valence-corrected chi connectivity index (χ2v) is 3.56. The molecule has 0 bridgehead atoms. The first-order chi connectivity index (χ1) is 7.22. The van der Waals surface area contributed by atoms with E-state index in [0.29, 0.717) is 6.07 Å². The highest BCUT2D eigenvalue weighted by atomic mass is 35.5. The van der Waals surface area contributed by atoms with Crippen LogP contribution in [0.15, 0.2) is 12.1 Å². The predicted octanol–water partition coefficient (Wildman–Crippen LogP) is 3.99. The number of alkyl halides is 3. The molecule has 0 spiro atoms. The van der Waals surface area contributed by atoms with E-state index in [0.717, 1.165) is 6.07 Å². The molecule has 0 fully saturated rings. The van der Waals surface area contributed by atoms with Crippen molar-refractivity contribution in [2.45, 2.75) is 18.6 Å². The maximum atomic E-state index is 13.2. The number of hydrogen-bond acceptors (Lipinski definition) is 1. The summed E-state index contributed by atoms with van der Waals surface area (Å²) >= 11 is 5.36.